The number of anilines is 1. The van der Waals surface area contributed by atoms with Crippen LogP contribution in [0, 0.1) is 52.3 Å². The minimum absolute atomic E-state index is 0.0145. The summed E-state index contributed by atoms with van der Waals surface area (Å²) in [6.07, 6.45) is 10.9. The summed E-state index contributed by atoms with van der Waals surface area (Å²) in [7, 11) is 0. The molecule has 184 valence electrons. The molecule has 1 aromatic heterocycles. The lowest BCUT2D eigenvalue weighted by Gasteiger charge is -2.57. The van der Waals surface area contributed by atoms with Gasteiger partial charge in [0, 0.05) is 18.6 Å². The van der Waals surface area contributed by atoms with Gasteiger partial charge in [0.05, 0.1) is 12.2 Å². The number of hydrogen-bond acceptors (Lipinski definition) is 6. The lowest BCUT2D eigenvalue weighted by Crippen LogP contribution is -2.52. The first-order chi connectivity index (χ1) is 16.4. The maximum absolute atomic E-state index is 13.3. The van der Waals surface area contributed by atoms with Crippen LogP contribution in [-0.4, -0.2) is 39.8 Å². The van der Waals surface area contributed by atoms with Gasteiger partial charge >= 0.3 is 0 Å². The van der Waals surface area contributed by atoms with Crippen molar-refractivity contribution in [3.63, 3.8) is 0 Å². The van der Waals surface area contributed by atoms with Crippen molar-refractivity contribution in [1.29, 1.82) is 5.26 Å². The Morgan fingerprint density at radius 2 is 2.00 bits per heavy atom. The van der Waals surface area contributed by atoms with E-state index in [4.69, 9.17) is 10.00 Å². The summed E-state index contributed by atoms with van der Waals surface area (Å²) in [4.78, 5) is 21.4. The molecule has 7 nitrogen and oxygen atoms in total. The van der Waals surface area contributed by atoms with Gasteiger partial charge in [0.25, 0.3) is 0 Å². The Morgan fingerprint density at radius 1 is 1.18 bits per heavy atom. The van der Waals surface area contributed by atoms with Crippen molar-refractivity contribution in [2.45, 2.75) is 77.2 Å². The number of nitrogens with zero attached hydrogens (tertiary/aromatic N) is 3. The van der Waals surface area contributed by atoms with Crippen LogP contribution in [0.5, 0.6) is 0 Å². The molecule has 0 aliphatic heterocycles. The highest BCUT2D eigenvalue weighted by Gasteiger charge is 2.59. The van der Waals surface area contributed by atoms with E-state index in [9.17, 15) is 9.90 Å². The Morgan fingerprint density at radius 3 is 2.79 bits per heavy atom. The van der Waals surface area contributed by atoms with E-state index in [-0.39, 0.29) is 22.9 Å². The zero-order chi connectivity index (χ0) is 23.9. The second-order valence-electron chi connectivity index (χ2n) is 11.6. The third kappa shape index (κ3) is 4.13. The molecule has 4 saturated carbocycles. The highest BCUT2D eigenvalue weighted by molar-refractivity contribution is 5.92. The fourth-order valence-corrected chi connectivity index (χ4v) is 8.52. The summed E-state index contributed by atoms with van der Waals surface area (Å²) in [6.45, 7) is 5.47. The van der Waals surface area contributed by atoms with Crippen LogP contribution in [0.3, 0.4) is 0 Å². The predicted molar refractivity (Wildman–Crippen MR) is 127 cm³/mol. The number of ether oxygens (including phenoxy) is 1. The molecule has 0 unspecified atom stereocenters. The Kier molecular flexibility index (Phi) is 6.41. The van der Waals surface area contributed by atoms with Crippen LogP contribution in [0.4, 0.5) is 5.82 Å². The van der Waals surface area contributed by atoms with Crippen LogP contribution in [-0.2, 0) is 9.53 Å². The number of rotatable bonds is 5. The van der Waals surface area contributed by atoms with Crippen LogP contribution < -0.4 is 5.32 Å². The van der Waals surface area contributed by atoms with E-state index >= 15 is 0 Å². The molecule has 0 aromatic carbocycles. The third-order valence-corrected chi connectivity index (χ3v) is 10.0. The summed E-state index contributed by atoms with van der Waals surface area (Å²) in [5.74, 6) is 3.78. The van der Waals surface area contributed by atoms with Gasteiger partial charge in [-0.05, 0) is 99.7 Å². The van der Waals surface area contributed by atoms with Crippen molar-refractivity contribution in [2.75, 3.05) is 18.5 Å². The molecule has 4 aliphatic rings. The average Bonchev–Trinajstić information content (AvgIpc) is 3.20. The first kappa shape index (κ1) is 23.7. The smallest absolute Gasteiger partial charge is 0.229 e. The van der Waals surface area contributed by atoms with Crippen molar-refractivity contribution < 1.29 is 14.6 Å². The van der Waals surface area contributed by atoms with E-state index < -0.39 is 5.60 Å². The lowest BCUT2D eigenvalue weighted by molar-refractivity contribution is -0.135. The SMILES string of the molecule is CCOC[C@@]1(O)CC[C@H]2[C@H](CC[C@@H]3[C@@H]2CC[C@]2(C)[C@@H](C(=O)Nc4cc(C#N)ncn4)CC[C@@H]32)C1. The summed E-state index contributed by atoms with van der Waals surface area (Å²) in [6, 6.07) is 3.55. The molecule has 0 saturated heterocycles. The normalized spacial score (nSPS) is 41.0. The lowest BCUT2D eigenvalue weighted by atomic mass is 9.49. The molecule has 34 heavy (non-hydrogen) atoms. The number of aromatic nitrogens is 2. The zero-order valence-corrected chi connectivity index (χ0v) is 20.5. The van der Waals surface area contributed by atoms with Crippen molar-refractivity contribution in [3.05, 3.63) is 18.1 Å². The molecule has 0 bridgehead atoms. The van der Waals surface area contributed by atoms with E-state index in [1.54, 1.807) is 6.07 Å². The molecule has 4 aliphatic carbocycles. The molecule has 0 spiro atoms. The molecule has 4 fully saturated rings. The maximum Gasteiger partial charge on any atom is 0.229 e. The Labute approximate surface area is 202 Å². The minimum Gasteiger partial charge on any atom is -0.387 e. The number of fused-ring (bicyclic) bond motifs is 5. The number of hydrogen-bond donors (Lipinski definition) is 2. The molecule has 1 amide bonds. The molecule has 7 heteroatoms. The van der Waals surface area contributed by atoms with Gasteiger partial charge in [0.2, 0.25) is 5.91 Å². The van der Waals surface area contributed by atoms with Gasteiger partial charge in [-0.2, -0.15) is 5.26 Å². The molecular weight excluding hydrogens is 428 g/mol. The van der Waals surface area contributed by atoms with Gasteiger partial charge < -0.3 is 15.2 Å². The van der Waals surface area contributed by atoms with Crippen LogP contribution in [0.1, 0.15) is 77.3 Å². The van der Waals surface area contributed by atoms with Crippen LogP contribution in [0.25, 0.3) is 0 Å². The van der Waals surface area contributed by atoms with E-state index in [2.05, 4.69) is 22.2 Å². The van der Waals surface area contributed by atoms with Gasteiger partial charge in [-0.15, -0.1) is 0 Å². The van der Waals surface area contributed by atoms with Crippen molar-refractivity contribution in [3.8, 4) is 6.07 Å². The number of nitrogens with one attached hydrogen (secondary N) is 1. The van der Waals surface area contributed by atoms with Crippen LogP contribution >= 0.6 is 0 Å². The van der Waals surface area contributed by atoms with Gasteiger partial charge in [0.1, 0.15) is 23.9 Å². The number of aliphatic hydroxyl groups is 1. The monoisotopic (exact) mass is 466 g/mol. The summed E-state index contributed by atoms with van der Waals surface area (Å²) < 4.78 is 5.61. The van der Waals surface area contributed by atoms with Crippen LogP contribution in [0.2, 0.25) is 0 Å². The van der Waals surface area contributed by atoms with E-state index in [0.29, 0.717) is 42.7 Å². The fourth-order valence-electron chi connectivity index (χ4n) is 8.52. The molecule has 5 rings (SSSR count). The Hall–Kier alpha value is -2.04. The third-order valence-electron chi connectivity index (χ3n) is 10.0. The van der Waals surface area contributed by atoms with Crippen molar-refractivity contribution in [2.24, 2.45) is 40.9 Å². The van der Waals surface area contributed by atoms with Gasteiger partial charge in [0.15, 0.2) is 0 Å². The van der Waals surface area contributed by atoms with Crippen LogP contribution in [0.15, 0.2) is 12.4 Å². The highest BCUT2D eigenvalue weighted by Crippen LogP contribution is 2.64. The van der Waals surface area contributed by atoms with E-state index in [1.165, 1.54) is 25.6 Å². The second kappa shape index (κ2) is 9.20. The summed E-state index contributed by atoms with van der Waals surface area (Å²) in [5.41, 5.74) is -0.359. The van der Waals surface area contributed by atoms with Gasteiger partial charge in [-0.25, -0.2) is 9.97 Å². The second-order valence-corrected chi connectivity index (χ2v) is 11.6. The Bertz CT molecular complexity index is 963. The predicted octanol–water partition coefficient (Wildman–Crippen LogP) is 4.32. The maximum atomic E-state index is 13.3. The summed E-state index contributed by atoms with van der Waals surface area (Å²) in [5, 5.41) is 23.2. The first-order valence-corrected chi connectivity index (χ1v) is 13.2. The standard InChI is InChI=1S/C27H38N4O3/c1-3-34-15-27(33)11-9-19-17(13-27)4-5-21-20(19)8-10-26(2)22(21)6-7-23(26)25(32)31-24-12-18(14-28)29-16-30-24/h12,16-17,19-23,33H,3-11,13,15H2,1-2H3,(H,29,30,31,32)/t17-,19+,20-,21-,22+,23-,26+,27-/m1/s1. The Balaban J connectivity index is 1.27. The number of carbonyl (C=O) groups is 1. The van der Waals surface area contributed by atoms with E-state index in [1.807, 2.05) is 13.0 Å². The number of amides is 1. The quantitative estimate of drug-likeness (QED) is 0.669. The molecule has 1 aromatic rings. The highest BCUT2D eigenvalue weighted by atomic mass is 16.5. The molecule has 0 radical (unpaired) electrons. The topological polar surface area (TPSA) is 108 Å². The minimum atomic E-state index is -0.643. The molecule has 2 N–H and O–H groups in total. The summed E-state index contributed by atoms with van der Waals surface area (Å²) >= 11 is 0. The molecular formula is C27H38N4O3. The van der Waals surface area contributed by atoms with Gasteiger partial charge in [-0.1, -0.05) is 6.92 Å². The molecule has 8 atom stereocenters. The number of nitriles is 1. The van der Waals surface area contributed by atoms with E-state index in [0.717, 1.165) is 44.4 Å². The van der Waals surface area contributed by atoms with Crippen molar-refractivity contribution >= 4 is 11.7 Å². The van der Waals surface area contributed by atoms with Gasteiger partial charge in [-0.3, -0.25) is 4.79 Å². The fraction of sp³-hybridized carbons (Fsp3) is 0.778. The molecule has 1 heterocycles. The van der Waals surface area contributed by atoms with Crippen molar-refractivity contribution in [1.82, 2.24) is 9.97 Å². The zero-order valence-electron chi connectivity index (χ0n) is 20.5. The first-order valence-electron chi connectivity index (χ1n) is 13.2. The number of carbonyl (C=O) groups excluding carboxylic acids is 1. The largest absolute Gasteiger partial charge is 0.387 e. The average molecular weight is 467 g/mol.